The summed E-state index contributed by atoms with van der Waals surface area (Å²) in [4.78, 5) is 22.2. The molecule has 7 heteroatoms. The van der Waals surface area contributed by atoms with Gasteiger partial charge in [0.2, 0.25) is 0 Å². The van der Waals surface area contributed by atoms with Crippen molar-refractivity contribution >= 4 is 17.5 Å². The van der Waals surface area contributed by atoms with E-state index in [1.807, 2.05) is 13.8 Å². The van der Waals surface area contributed by atoms with Crippen molar-refractivity contribution in [3.8, 4) is 0 Å². The molecule has 0 aliphatic carbocycles. The number of carbonyl (C=O) groups is 1. The van der Waals surface area contributed by atoms with Crippen LogP contribution in [0.4, 0.5) is 0 Å². The van der Waals surface area contributed by atoms with E-state index in [2.05, 4.69) is 20.2 Å². The molecule has 0 aliphatic rings. The second-order valence-corrected chi connectivity index (χ2v) is 4.91. The number of H-pyrrole nitrogens is 1. The zero-order valence-electron chi connectivity index (χ0n) is 11.6. The minimum absolute atomic E-state index is 0.133. The third kappa shape index (κ3) is 3.33. The van der Waals surface area contributed by atoms with Gasteiger partial charge < -0.3 is 4.90 Å². The molecule has 0 saturated carbocycles. The van der Waals surface area contributed by atoms with E-state index in [9.17, 15) is 4.79 Å². The van der Waals surface area contributed by atoms with Crippen molar-refractivity contribution in [3.63, 3.8) is 0 Å². The molecule has 2 rings (SSSR count). The molecule has 1 N–H and O–H groups in total. The highest BCUT2D eigenvalue weighted by atomic mass is 35.5. The highest BCUT2D eigenvalue weighted by Crippen LogP contribution is 2.14. The molecule has 2 aromatic rings. The Morgan fingerprint density at radius 3 is 2.75 bits per heavy atom. The molecule has 0 aliphatic heterocycles. The second-order valence-electron chi connectivity index (χ2n) is 4.52. The van der Waals surface area contributed by atoms with Crippen molar-refractivity contribution in [1.29, 1.82) is 0 Å². The standard InChI is InChI=1S/C13H16ClN5O/c1-4-10-5-9(6-11(14)16-10)13(20)19(3)7-12-15-8(2)17-18-12/h5-6H,4,7H2,1-3H3,(H,15,17,18). The zero-order valence-corrected chi connectivity index (χ0v) is 12.4. The van der Waals surface area contributed by atoms with Crippen LogP contribution in [0.25, 0.3) is 0 Å². The van der Waals surface area contributed by atoms with Gasteiger partial charge in [0.25, 0.3) is 5.91 Å². The van der Waals surface area contributed by atoms with E-state index in [0.29, 0.717) is 23.1 Å². The number of nitrogens with zero attached hydrogens (tertiary/aromatic N) is 4. The number of aromatic amines is 1. The number of aryl methyl sites for hydroxylation is 2. The Morgan fingerprint density at radius 1 is 1.40 bits per heavy atom. The van der Waals surface area contributed by atoms with Gasteiger partial charge in [-0.3, -0.25) is 9.89 Å². The number of pyridine rings is 1. The van der Waals surface area contributed by atoms with Gasteiger partial charge in [0.1, 0.15) is 11.0 Å². The minimum Gasteiger partial charge on any atom is -0.334 e. The van der Waals surface area contributed by atoms with E-state index in [1.165, 1.54) is 0 Å². The maximum Gasteiger partial charge on any atom is 0.254 e. The van der Waals surface area contributed by atoms with Crippen LogP contribution in [0.1, 0.15) is 34.6 Å². The Balaban J connectivity index is 2.15. The lowest BCUT2D eigenvalue weighted by atomic mass is 10.2. The van der Waals surface area contributed by atoms with E-state index in [0.717, 1.165) is 17.9 Å². The normalized spacial score (nSPS) is 10.6. The largest absolute Gasteiger partial charge is 0.334 e. The van der Waals surface area contributed by atoms with Crippen molar-refractivity contribution in [1.82, 2.24) is 25.1 Å². The molecule has 0 unspecified atom stereocenters. The van der Waals surface area contributed by atoms with Gasteiger partial charge >= 0.3 is 0 Å². The lowest BCUT2D eigenvalue weighted by Gasteiger charge is -2.15. The Bertz CT molecular complexity index is 625. The van der Waals surface area contributed by atoms with Crippen molar-refractivity contribution in [3.05, 3.63) is 40.2 Å². The third-order valence-corrected chi connectivity index (χ3v) is 3.02. The maximum absolute atomic E-state index is 12.3. The van der Waals surface area contributed by atoms with Gasteiger partial charge in [-0.05, 0) is 25.5 Å². The summed E-state index contributed by atoms with van der Waals surface area (Å²) in [5, 5.41) is 7.09. The highest BCUT2D eigenvalue weighted by molar-refractivity contribution is 6.29. The fourth-order valence-corrected chi connectivity index (χ4v) is 2.05. The number of amides is 1. The summed E-state index contributed by atoms with van der Waals surface area (Å²) < 4.78 is 0. The first-order valence-electron chi connectivity index (χ1n) is 6.29. The molecule has 20 heavy (non-hydrogen) atoms. The van der Waals surface area contributed by atoms with Gasteiger partial charge in [-0.15, -0.1) is 0 Å². The van der Waals surface area contributed by atoms with Crippen LogP contribution in [0.15, 0.2) is 12.1 Å². The fraction of sp³-hybridized carbons (Fsp3) is 0.385. The number of halogens is 1. The molecule has 0 bridgehead atoms. The SMILES string of the molecule is CCc1cc(C(=O)N(C)Cc2n[nH]c(C)n2)cc(Cl)n1. The molecule has 2 aromatic heterocycles. The van der Waals surface area contributed by atoms with Crippen molar-refractivity contribution in [2.75, 3.05) is 7.05 Å². The molecule has 0 atom stereocenters. The van der Waals surface area contributed by atoms with E-state index in [1.54, 1.807) is 24.1 Å². The number of carbonyl (C=O) groups excluding carboxylic acids is 1. The van der Waals surface area contributed by atoms with Crippen molar-refractivity contribution < 1.29 is 4.79 Å². The summed E-state index contributed by atoms with van der Waals surface area (Å²) in [5.74, 6) is 1.17. The number of nitrogens with one attached hydrogen (secondary N) is 1. The molecule has 1 amide bonds. The Hall–Kier alpha value is -1.95. The quantitative estimate of drug-likeness (QED) is 0.875. The third-order valence-electron chi connectivity index (χ3n) is 2.83. The molecule has 0 radical (unpaired) electrons. The van der Waals surface area contributed by atoms with Gasteiger partial charge in [-0.2, -0.15) is 5.10 Å². The molecule has 6 nitrogen and oxygen atoms in total. The molecule has 0 saturated heterocycles. The Kier molecular flexibility index (Phi) is 4.34. The minimum atomic E-state index is -0.133. The Labute approximate surface area is 122 Å². The zero-order chi connectivity index (χ0) is 14.7. The monoisotopic (exact) mass is 293 g/mol. The first-order chi connectivity index (χ1) is 9.49. The average Bonchev–Trinajstić information content (AvgIpc) is 2.82. The molecule has 2 heterocycles. The van der Waals surface area contributed by atoms with Gasteiger partial charge in [-0.25, -0.2) is 9.97 Å². The average molecular weight is 294 g/mol. The number of hydrogen-bond donors (Lipinski definition) is 1. The van der Waals surface area contributed by atoms with Crippen LogP contribution in [0, 0.1) is 6.92 Å². The van der Waals surface area contributed by atoms with Crippen LogP contribution < -0.4 is 0 Å². The van der Waals surface area contributed by atoms with Crippen LogP contribution in [-0.2, 0) is 13.0 Å². The predicted octanol–water partition coefficient (Wildman–Crippen LogP) is 2.00. The topological polar surface area (TPSA) is 74.8 Å². The summed E-state index contributed by atoms with van der Waals surface area (Å²) in [6.07, 6.45) is 0.727. The molecule has 106 valence electrons. The first-order valence-corrected chi connectivity index (χ1v) is 6.67. The molecular weight excluding hydrogens is 278 g/mol. The Morgan fingerprint density at radius 2 is 2.15 bits per heavy atom. The second kappa shape index (κ2) is 6.00. The van der Waals surface area contributed by atoms with E-state index in [4.69, 9.17) is 11.6 Å². The lowest BCUT2D eigenvalue weighted by Crippen LogP contribution is -2.27. The van der Waals surface area contributed by atoms with Crippen LogP contribution in [-0.4, -0.2) is 38.0 Å². The van der Waals surface area contributed by atoms with Crippen molar-refractivity contribution in [2.45, 2.75) is 26.8 Å². The maximum atomic E-state index is 12.3. The molecule has 0 fully saturated rings. The number of rotatable bonds is 4. The summed E-state index contributed by atoms with van der Waals surface area (Å²) in [5.41, 5.74) is 1.32. The van der Waals surface area contributed by atoms with Gasteiger partial charge in [-0.1, -0.05) is 18.5 Å². The summed E-state index contributed by atoms with van der Waals surface area (Å²) in [7, 11) is 1.70. The summed E-state index contributed by atoms with van der Waals surface area (Å²) in [6, 6.07) is 3.33. The van der Waals surface area contributed by atoms with Gasteiger partial charge in [0.05, 0.1) is 6.54 Å². The summed E-state index contributed by atoms with van der Waals surface area (Å²) in [6.45, 7) is 4.12. The highest BCUT2D eigenvalue weighted by Gasteiger charge is 2.15. The lowest BCUT2D eigenvalue weighted by molar-refractivity contribution is 0.0781. The number of aromatic nitrogens is 4. The number of hydrogen-bond acceptors (Lipinski definition) is 4. The fourth-order valence-electron chi connectivity index (χ4n) is 1.82. The molecular formula is C13H16ClN5O. The van der Waals surface area contributed by atoms with Crippen LogP contribution >= 0.6 is 11.6 Å². The van der Waals surface area contributed by atoms with E-state index < -0.39 is 0 Å². The van der Waals surface area contributed by atoms with Crippen LogP contribution in [0.3, 0.4) is 0 Å². The molecule has 0 aromatic carbocycles. The van der Waals surface area contributed by atoms with E-state index >= 15 is 0 Å². The predicted molar refractivity (Wildman–Crippen MR) is 75.5 cm³/mol. The first kappa shape index (κ1) is 14.5. The van der Waals surface area contributed by atoms with Crippen LogP contribution in [0.2, 0.25) is 5.15 Å². The van der Waals surface area contributed by atoms with Gasteiger partial charge in [0.15, 0.2) is 5.82 Å². The van der Waals surface area contributed by atoms with Crippen LogP contribution in [0.5, 0.6) is 0 Å². The summed E-state index contributed by atoms with van der Waals surface area (Å²) >= 11 is 5.93. The van der Waals surface area contributed by atoms with E-state index in [-0.39, 0.29) is 5.91 Å². The van der Waals surface area contributed by atoms with Crippen molar-refractivity contribution in [2.24, 2.45) is 0 Å². The molecule has 0 spiro atoms. The smallest absolute Gasteiger partial charge is 0.254 e. The van der Waals surface area contributed by atoms with Gasteiger partial charge in [0, 0.05) is 18.3 Å².